The fourth-order valence-corrected chi connectivity index (χ4v) is 1.18. The third-order valence-electron chi connectivity index (χ3n) is 1.89. The van der Waals surface area contributed by atoms with E-state index >= 15 is 0 Å². The van der Waals surface area contributed by atoms with Crippen molar-refractivity contribution in [1.29, 1.82) is 0 Å². The number of rotatable bonds is 6. The number of carbonyl (C=O) groups excluding carboxylic acids is 1. The van der Waals surface area contributed by atoms with Crippen molar-refractivity contribution in [1.82, 2.24) is 0 Å². The van der Waals surface area contributed by atoms with Crippen LogP contribution >= 0.6 is 0 Å². The molecule has 17 heavy (non-hydrogen) atoms. The van der Waals surface area contributed by atoms with Crippen LogP contribution < -0.4 is 11.1 Å². The number of amides is 1. The van der Waals surface area contributed by atoms with Crippen molar-refractivity contribution >= 4 is 17.6 Å². The van der Waals surface area contributed by atoms with Crippen molar-refractivity contribution in [3.8, 4) is 0 Å². The zero-order valence-electron chi connectivity index (χ0n) is 9.18. The Balaban J connectivity index is 2.53. The summed E-state index contributed by atoms with van der Waals surface area (Å²) in [5.41, 5.74) is 5.74. The molecule has 6 nitrogen and oxygen atoms in total. The van der Waals surface area contributed by atoms with E-state index < -0.39 is 5.97 Å². The maximum absolute atomic E-state index is 11.3. The van der Waals surface area contributed by atoms with E-state index in [9.17, 15) is 9.59 Å². The lowest BCUT2D eigenvalue weighted by atomic mass is 10.2. The Morgan fingerprint density at radius 3 is 2.82 bits per heavy atom. The van der Waals surface area contributed by atoms with Gasteiger partial charge in [0.15, 0.2) is 0 Å². The average Bonchev–Trinajstić information content (AvgIpc) is 2.29. The van der Waals surface area contributed by atoms with Crippen LogP contribution in [0.5, 0.6) is 0 Å². The van der Waals surface area contributed by atoms with Gasteiger partial charge in [0.05, 0.1) is 12.2 Å². The summed E-state index contributed by atoms with van der Waals surface area (Å²) in [5.74, 6) is -1.39. The van der Waals surface area contributed by atoms with Crippen molar-refractivity contribution in [2.75, 3.05) is 25.1 Å². The molecule has 92 valence electrons. The Morgan fingerprint density at radius 2 is 2.18 bits per heavy atom. The zero-order chi connectivity index (χ0) is 12.7. The molecule has 1 rings (SSSR count). The molecule has 0 bridgehead atoms. The highest BCUT2D eigenvalue weighted by atomic mass is 16.5. The van der Waals surface area contributed by atoms with Gasteiger partial charge in [-0.25, -0.2) is 4.79 Å². The number of carboxylic acid groups (broad SMARTS) is 1. The van der Waals surface area contributed by atoms with Crippen molar-refractivity contribution in [3.63, 3.8) is 0 Å². The predicted octanol–water partition coefficient (Wildman–Crippen LogP) is 0.299. The SMILES string of the molecule is NCCOCC(=O)Nc1cccc(C(=O)O)c1. The number of aromatic carboxylic acids is 1. The molecule has 0 radical (unpaired) electrons. The first-order chi connectivity index (χ1) is 8.13. The smallest absolute Gasteiger partial charge is 0.335 e. The Kier molecular flexibility index (Phi) is 5.12. The van der Waals surface area contributed by atoms with Crippen molar-refractivity contribution < 1.29 is 19.4 Å². The van der Waals surface area contributed by atoms with Crippen molar-refractivity contribution in [2.24, 2.45) is 5.73 Å². The summed E-state index contributed by atoms with van der Waals surface area (Å²) in [5, 5.41) is 11.3. The zero-order valence-corrected chi connectivity index (χ0v) is 9.18. The molecular formula is C11H14N2O4. The first kappa shape index (κ1) is 13.1. The van der Waals surface area contributed by atoms with Gasteiger partial charge in [0, 0.05) is 12.2 Å². The fraction of sp³-hybridized carbons (Fsp3) is 0.273. The molecule has 1 aromatic rings. The third kappa shape index (κ3) is 4.62. The van der Waals surface area contributed by atoms with Gasteiger partial charge >= 0.3 is 5.97 Å². The molecule has 0 aliphatic heterocycles. The van der Waals surface area contributed by atoms with Gasteiger partial charge in [-0.3, -0.25) is 4.79 Å². The van der Waals surface area contributed by atoms with E-state index in [1.165, 1.54) is 12.1 Å². The first-order valence-electron chi connectivity index (χ1n) is 5.04. The van der Waals surface area contributed by atoms with Crippen LogP contribution in [0.2, 0.25) is 0 Å². The molecule has 0 fully saturated rings. The second-order valence-electron chi connectivity index (χ2n) is 3.28. The number of nitrogens with one attached hydrogen (secondary N) is 1. The molecule has 0 spiro atoms. The van der Waals surface area contributed by atoms with E-state index in [0.717, 1.165) is 0 Å². The Bertz CT molecular complexity index is 406. The Labute approximate surface area is 98.4 Å². The first-order valence-corrected chi connectivity index (χ1v) is 5.04. The van der Waals surface area contributed by atoms with E-state index in [0.29, 0.717) is 18.8 Å². The summed E-state index contributed by atoms with van der Waals surface area (Å²) in [6.07, 6.45) is 0. The molecule has 0 saturated heterocycles. The van der Waals surface area contributed by atoms with Crippen LogP contribution in [-0.4, -0.2) is 36.7 Å². The molecule has 4 N–H and O–H groups in total. The normalized spacial score (nSPS) is 9.94. The second-order valence-corrected chi connectivity index (χ2v) is 3.28. The average molecular weight is 238 g/mol. The predicted molar refractivity (Wildman–Crippen MR) is 61.9 cm³/mol. The van der Waals surface area contributed by atoms with Crippen LogP contribution in [0.15, 0.2) is 24.3 Å². The van der Waals surface area contributed by atoms with Gasteiger partial charge in [-0.1, -0.05) is 6.07 Å². The number of hydrogen-bond acceptors (Lipinski definition) is 4. The van der Waals surface area contributed by atoms with Crippen molar-refractivity contribution in [3.05, 3.63) is 29.8 Å². The van der Waals surface area contributed by atoms with E-state index in [1.54, 1.807) is 12.1 Å². The molecule has 1 aromatic carbocycles. The topological polar surface area (TPSA) is 102 Å². The highest BCUT2D eigenvalue weighted by Crippen LogP contribution is 2.10. The van der Waals surface area contributed by atoms with Crippen LogP contribution in [0.4, 0.5) is 5.69 Å². The molecule has 0 unspecified atom stereocenters. The number of ether oxygens (including phenoxy) is 1. The molecule has 0 aliphatic carbocycles. The number of benzene rings is 1. The number of carbonyl (C=O) groups is 2. The van der Waals surface area contributed by atoms with Gasteiger partial charge in [0.1, 0.15) is 6.61 Å². The minimum Gasteiger partial charge on any atom is -0.478 e. The third-order valence-corrected chi connectivity index (χ3v) is 1.89. The summed E-state index contributed by atoms with van der Waals surface area (Å²) in [7, 11) is 0. The Hall–Kier alpha value is -1.92. The van der Waals surface area contributed by atoms with Crippen LogP contribution in [-0.2, 0) is 9.53 Å². The van der Waals surface area contributed by atoms with Crippen LogP contribution in [0.1, 0.15) is 10.4 Å². The highest BCUT2D eigenvalue weighted by Gasteiger charge is 2.06. The molecule has 0 aliphatic rings. The molecule has 0 aromatic heterocycles. The molecule has 0 heterocycles. The number of hydrogen-bond donors (Lipinski definition) is 3. The molecule has 1 amide bonds. The number of anilines is 1. The summed E-state index contributed by atoms with van der Waals surface area (Å²) in [6, 6.07) is 5.99. The molecular weight excluding hydrogens is 224 g/mol. The number of carboxylic acids is 1. The van der Waals surface area contributed by atoms with Crippen LogP contribution in [0.25, 0.3) is 0 Å². The number of nitrogens with two attached hydrogens (primary N) is 1. The maximum Gasteiger partial charge on any atom is 0.335 e. The van der Waals surface area contributed by atoms with E-state index in [2.05, 4.69) is 5.32 Å². The van der Waals surface area contributed by atoms with Gasteiger partial charge in [-0.15, -0.1) is 0 Å². The van der Waals surface area contributed by atoms with E-state index in [-0.39, 0.29) is 18.1 Å². The fourth-order valence-electron chi connectivity index (χ4n) is 1.18. The van der Waals surface area contributed by atoms with Crippen LogP contribution in [0.3, 0.4) is 0 Å². The minimum atomic E-state index is -1.04. The lowest BCUT2D eigenvalue weighted by Gasteiger charge is -2.06. The van der Waals surface area contributed by atoms with Gasteiger partial charge in [-0.05, 0) is 18.2 Å². The monoisotopic (exact) mass is 238 g/mol. The largest absolute Gasteiger partial charge is 0.478 e. The van der Waals surface area contributed by atoms with Gasteiger partial charge in [-0.2, -0.15) is 0 Å². The lowest BCUT2D eigenvalue weighted by molar-refractivity contribution is -0.120. The van der Waals surface area contributed by atoms with E-state index in [4.69, 9.17) is 15.6 Å². The second kappa shape index (κ2) is 6.62. The summed E-state index contributed by atoms with van der Waals surface area (Å²) in [6.45, 7) is 0.554. The highest BCUT2D eigenvalue weighted by molar-refractivity contribution is 5.94. The van der Waals surface area contributed by atoms with E-state index in [1.807, 2.05) is 0 Å². The summed E-state index contributed by atoms with van der Waals surface area (Å²) >= 11 is 0. The summed E-state index contributed by atoms with van der Waals surface area (Å²) < 4.78 is 4.94. The lowest BCUT2D eigenvalue weighted by Crippen LogP contribution is -2.20. The van der Waals surface area contributed by atoms with Crippen molar-refractivity contribution in [2.45, 2.75) is 0 Å². The maximum atomic E-state index is 11.3. The standard InChI is InChI=1S/C11H14N2O4/c12-4-5-17-7-10(14)13-9-3-1-2-8(6-9)11(15)16/h1-3,6H,4-5,7,12H2,(H,13,14)(H,15,16). The molecule has 0 atom stereocenters. The molecule has 6 heteroatoms. The minimum absolute atomic E-state index is 0.103. The van der Waals surface area contributed by atoms with Gasteiger partial charge in [0.25, 0.3) is 0 Å². The van der Waals surface area contributed by atoms with Gasteiger partial charge in [0.2, 0.25) is 5.91 Å². The molecule has 0 saturated carbocycles. The summed E-state index contributed by atoms with van der Waals surface area (Å²) in [4.78, 5) is 22.0. The Morgan fingerprint density at radius 1 is 1.41 bits per heavy atom. The van der Waals surface area contributed by atoms with Crippen LogP contribution in [0, 0.1) is 0 Å². The van der Waals surface area contributed by atoms with Gasteiger partial charge < -0.3 is 20.9 Å². The quantitative estimate of drug-likeness (QED) is 0.618.